The highest BCUT2D eigenvalue weighted by molar-refractivity contribution is 7.08. The van der Waals surface area contributed by atoms with E-state index in [2.05, 4.69) is 9.59 Å². The minimum absolute atomic E-state index is 0.0133. The lowest BCUT2D eigenvalue weighted by molar-refractivity contribution is -0.137. The number of aliphatic carboxylic acids is 1. The van der Waals surface area contributed by atoms with Crippen molar-refractivity contribution in [1.82, 2.24) is 14.5 Å². The quantitative estimate of drug-likeness (QED) is 0.887. The van der Waals surface area contributed by atoms with Crippen molar-refractivity contribution < 1.29 is 14.7 Å². The van der Waals surface area contributed by atoms with Gasteiger partial charge in [0.05, 0.1) is 12.1 Å². The van der Waals surface area contributed by atoms with Crippen LogP contribution in [-0.4, -0.2) is 44.1 Å². The maximum atomic E-state index is 12.3. The number of aromatic nitrogens is 2. The number of hydrogen-bond donors (Lipinski definition) is 1. The molecule has 1 unspecified atom stereocenters. The van der Waals surface area contributed by atoms with Crippen molar-refractivity contribution in [3.63, 3.8) is 0 Å². The highest BCUT2D eigenvalue weighted by Crippen LogP contribution is 2.24. The molecule has 1 amide bonds. The molecule has 1 aliphatic heterocycles. The molecular formula is C11H15N3O3S. The van der Waals surface area contributed by atoms with E-state index in [-0.39, 0.29) is 18.4 Å². The minimum atomic E-state index is -0.863. The van der Waals surface area contributed by atoms with Gasteiger partial charge in [-0.2, -0.15) is 0 Å². The molecule has 2 rings (SSSR count). The highest BCUT2D eigenvalue weighted by Gasteiger charge is 2.32. The Labute approximate surface area is 109 Å². The van der Waals surface area contributed by atoms with Gasteiger partial charge in [-0.15, -0.1) is 5.10 Å². The molecule has 0 aromatic carbocycles. The molecule has 1 atom stereocenters. The normalized spacial score (nSPS) is 19.2. The molecule has 0 spiro atoms. The largest absolute Gasteiger partial charge is 0.481 e. The highest BCUT2D eigenvalue weighted by atomic mass is 32.1. The Balaban J connectivity index is 2.15. The Bertz CT molecular complexity index is 460. The Hall–Kier alpha value is -1.50. The summed E-state index contributed by atoms with van der Waals surface area (Å²) in [4.78, 5) is 25.3. The maximum Gasteiger partial charge on any atom is 0.305 e. The second-order valence-corrected chi connectivity index (χ2v) is 5.05. The Morgan fingerprint density at radius 1 is 1.56 bits per heavy atom. The smallest absolute Gasteiger partial charge is 0.305 e. The molecule has 98 valence electrons. The summed E-state index contributed by atoms with van der Waals surface area (Å²) in [5, 5.41) is 12.8. The van der Waals surface area contributed by atoms with Crippen molar-refractivity contribution in [1.29, 1.82) is 0 Å². The molecule has 0 bridgehead atoms. The van der Waals surface area contributed by atoms with E-state index in [9.17, 15) is 9.59 Å². The first-order valence-corrected chi connectivity index (χ1v) is 6.74. The molecule has 7 heteroatoms. The van der Waals surface area contributed by atoms with Crippen molar-refractivity contribution in [2.45, 2.75) is 38.6 Å². The molecule has 1 N–H and O–H groups in total. The van der Waals surface area contributed by atoms with Crippen LogP contribution in [0.25, 0.3) is 0 Å². The van der Waals surface area contributed by atoms with Gasteiger partial charge in [0.15, 0.2) is 0 Å². The summed E-state index contributed by atoms with van der Waals surface area (Å²) in [6.45, 7) is 2.55. The summed E-state index contributed by atoms with van der Waals surface area (Å²) in [5.74, 6) is -0.983. The van der Waals surface area contributed by atoms with Crippen LogP contribution in [0.2, 0.25) is 0 Å². The molecule has 1 fully saturated rings. The molecule has 1 aliphatic rings. The van der Waals surface area contributed by atoms with Crippen LogP contribution < -0.4 is 0 Å². The lowest BCUT2D eigenvalue weighted by Crippen LogP contribution is -2.36. The molecule has 1 aromatic rings. The molecule has 6 nitrogen and oxygen atoms in total. The predicted molar refractivity (Wildman–Crippen MR) is 65.6 cm³/mol. The Kier molecular flexibility index (Phi) is 3.90. The topological polar surface area (TPSA) is 83.4 Å². The summed E-state index contributed by atoms with van der Waals surface area (Å²) >= 11 is 1.09. The molecule has 1 aromatic heterocycles. The van der Waals surface area contributed by atoms with Crippen LogP contribution in [-0.2, 0) is 11.2 Å². The first-order chi connectivity index (χ1) is 8.63. The molecule has 18 heavy (non-hydrogen) atoms. The van der Waals surface area contributed by atoms with Gasteiger partial charge in [0.1, 0.15) is 4.88 Å². The van der Waals surface area contributed by atoms with Crippen molar-refractivity contribution in [2.24, 2.45) is 0 Å². The number of carbonyl (C=O) groups is 2. The van der Waals surface area contributed by atoms with Crippen molar-refractivity contribution in [2.75, 3.05) is 6.54 Å². The zero-order valence-corrected chi connectivity index (χ0v) is 10.9. The van der Waals surface area contributed by atoms with E-state index in [0.717, 1.165) is 24.4 Å². The van der Waals surface area contributed by atoms with Crippen molar-refractivity contribution >= 4 is 23.4 Å². The van der Waals surface area contributed by atoms with E-state index < -0.39 is 5.97 Å². The van der Waals surface area contributed by atoms with Crippen molar-refractivity contribution in [3.8, 4) is 0 Å². The Morgan fingerprint density at radius 2 is 2.33 bits per heavy atom. The summed E-state index contributed by atoms with van der Waals surface area (Å²) in [6, 6.07) is -0.193. The number of carboxylic acids is 1. The minimum Gasteiger partial charge on any atom is -0.481 e. The summed E-state index contributed by atoms with van der Waals surface area (Å²) in [5.41, 5.74) is 0.700. The van der Waals surface area contributed by atoms with Crippen LogP contribution in [0, 0.1) is 0 Å². The standard InChI is InChI=1S/C11H15N3O3S/c1-2-8-10(18-13-12-8)11(17)14-5-3-4-7(14)6-9(15)16/h7H,2-6H2,1H3,(H,15,16). The summed E-state index contributed by atoms with van der Waals surface area (Å²) in [6.07, 6.45) is 2.29. The van der Waals surface area contributed by atoms with Gasteiger partial charge in [0, 0.05) is 12.6 Å². The van der Waals surface area contributed by atoms with E-state index >= 15 is 0 Å². The number of carbonyl (C=O) groups excluding carboxylic acids is 1. The number of carboxylic acid groups (broad SMARTS) is 1. The van der Waals surface area contributed by atoms with Gasteiger partial charge in [0.25, 0.3) is 5.91 Å². The number of likely N-dealkylation sites (tertiary alicyclic amines) is 1. The van der Waals surface area contributed by atoms with E-state index in [1.165, 1.54) is 0 Å². The second-order valence-electron chi connectivity index (χ2n) is 4.29. The van der Waals surface area contributed by atoms with Crippen LogP contribution in [0.5, 0.6) is 0 Å². The lowest BCUT2D eigenvalue weighted by atomic mass is 10.1. The molecule has 1 saturated heterocycles. The number of aryl methyl sites for hydroxylation is 1. The first-order valence-electron chi connectivity index (χ1n) is 5.97. The van der Waals surface area contributed by atoms with Gasteiger partial charge in [-0.05, 0) is 30.8 Å². The van der Waals surface area contributed by atoms with E-state index in [1.807, 2.05) is 6.92 Å². The molecular weight excluding hydrogens is 254 g/mol. The van der Waals surface area contributed by atoms with E-state index in [1.54, 1.807) is 4.90 Å². The van der Waals surface area contributed by atoms with Crippen LogP contribution in [0.1, 0.15) is 41.6 Å². The van der Waals surface area contributed by atoms with Crippen LogP contribution in [0.15, 0.2) is 0 Å². The van der Waals surface area contributed by atoms with Gasteiger partial charge < -0.3 is 10.0 Å². The summed E-state index contributed by atoms with van der Waals surface area (Å²) < 4.78 is 3.80. The van der Waals surface area contributed by atoms with Crippen molar-refractivity contribution in [3.05, 3.63) is 10.6 Å². The zero-order chi connectivity index (χ0) is 13.1. The fourth-order valence-corrected chi connectivity index (χ4v) is 2.96. The third kappa shape index (κ3) is 2.50. The SMILES string of the molecule is CCc1nnsc1C(=O)N1CCCC1CC(=O)O. The number of hydrogen-bond acceptors (Lipinski definition) is 5. The molecule has 2 heterocycles. The van der Waals surface area contributed by atoms with E-state index in [4.69, 9.17) is 5.11 Å². The van der Waals surface area contributed by atoms with Gasteiger partial charge in [-0.25, -0.2) is 0 Å². The Morgan fingerprint density at radius 3 is 3.00 bits per heavy atom. The van der Waals surface area contributed by atoms with Gasteiger partial charge in [0.2, 0.25) is 0 Å². The first kappa shape index (κ1) is 12.9. The lowest BCUT2D eigenvalue weighted by Gasteiger charge is -2.22. The van der Waals surface area contributed by atoms with Gasteiger partial charge >= 0.3 is 5.97 Å². The monoisotopic (exact) mass is 269 g/mol. The second kappa shape index (κ2) is 5.43. The predicted octanol–water partition coefficient (Wildman–Crippen LogP) is 1.18. The third-order valence-corrected chi connectivity index (χ3v) is 3.89. The maximum absolute atomic E-state index is 12.3. The molecule has 0 aliphatic carbocycles. The van der Waals surface area contributed by atoms with E-state index in [0.29, 0.717) is 23.5 Å². The van der Waals surface area contributed by atoms with Crippen LogP contribution in [0.4, 0.5) is 0 Å². The molecule has 0 saturated carbocycles. The third-order valence-electron chi connectivity index (χ3n) is 3.13. The fourth-order valence-electron chi connectivity index (χ4n) is 2.25. The van der Waals surface area contributed by atoms with Crippen LogP contribution in [0.3, 0.4) is 0 Å². The average molecular weight is 269 g/mol. The van der Waals surface area contributed by atoms with Crippen LogP contribution >= 0.6 is 11.5 Å². The van der Waals surface area contributed by atoms with Gasteiger partial charge in [-0.1, -0.05) is 11.4 Å². The number of amides is 1. The fraction of sp³-hybridized carbons (Fsp3) is 0.636. The zero-order valence-electron chi connectivity index (χ0n) is 10.1. The van der Waals surface area contributed by atoms with Gasteiger partial charge in [-0.3, -0.25) is 9.59 Å². The number of rotatable bonds is 4. The number of nitrogens with zero attached hydrogens (tertiary/aromatic N) is 3. The average Bonchev–Trinajstić information content (AvgIpc) is 2.95. The summed E-state index contributed by atoms with van der Waals surface area (Å²) in [7, 11) is 0. The molecule has 0 radical (unpaired) electrons.